The molecule has 2 aliphatic rings. The number of hydrogen-bond acceptors (Lipinski definition) is 2. The van der Waals surface area contributed by atoms with E-state index in [0.717, 1.165) is 24.5 Å². The molecule has 0 amide bonds. The molecule has 2 heteroatoms. The molecule has 0 heterocycles. The fourth-order valence-electron chi connectivity index (χ4n) is 3.41. The Morgan fingerprint density at radius 3 is 2.43 bits per heavy atom. The summed E-state index contributed by atoms with van der Waals surface area (Å²) in [5, 5.41) is 0. The fraction of sp³-hybridized carbons (Fsp3) is 1.00. The Kier molecular flexibility index (Phi) is 3.45. The van der Waals surface area contributed by atoms with Crippen LogP contribution in [0.4, 0.5) is 0 Å². The highest BCUT2D eigenvalue weighted by Crippen LogP contribution is 2.33. The summed E-state index contributed by atoms with van der Waals surface area (Å²) in [4.78, 5) is 2.65. The minimum absolute atomic E-state index is 0.778. The highest BCUT2D eigenvalue weighted by molar-refractivity contribution is 4.88. The molecule has 2 aliphatic carbocycles. The summed E-state index contributed by atoms with van der Waals surface area (Å²) in [5.41, 5.74) is 5.83. The summed E-state index contributed by atoms with van der Waals surface area (Å²) in [6.07, 6.45) is 9.86. The Bertz CT molecular complexity index is 175. The molecule has 2 atom stereocenters. The van der Waals surface area contributed by atoms with E-state index in [1.54, 1.807) is 0 Å². The summed E-state index contributed by atoms with van der Waals surface area (Å²) in [6.45, 7) is 0.891. The van der Waals surface area contributed by atoms with Gasteiger partial charge in [-0.1, -0.05) is 19.3 Å². The van der Waals surface area contributed by atoms with Gasteiger partial charge in [0.05, 0.1) is 0 Å². The highest BCUT2D eigenvalue weighted by Gasteiger charge is 2.33. The van der Waals surface area contributed by atoms with Gasteiger partial charge in [-0.3, -0.25) is 0 Å². The van der Waals surface area contributed by atoms with E-state index in [9.17, 15) is 0 Å². The molecule has 2 fully saturated rings. The molecule has 0 spiro atoms. The topological polar surface area (TPSA) is 29.3 Å². The third-order valence-corrected chi connectivity index (χ3v) is 4.35. The molecular weight excluding hydrogens is 172 g/mol. The molecule has 0 aromatic carbocycles. The summed E-state index contributed by atoms with van der Waals surface area (Å²) in [7, 11) is 2.33. The molecule has 0 aromatic heterocycles. The van der Waals surface area contributed by atoms with Crippen LogP contribution >= 0.6 is 0 Å². The van der Waals surface area contributed by atoms with Crippen molar-refractivity contribution in [1.29, 1.82) is 0 Å². The standard InChI is InChI=1S/C12H24N2/c1-14(11-6-2-3-7-11)12-8-4-5-10(12)9-13/h10-12H,2-9,13H2,1H3. The van der Waals surface area contributed by atoms with Crippen molar-refractivity contribution in [1.82, 2.24) is 4.90 Å². The van der Waals surface area contributed by atoms with Gasteiger partial charge in [0.1, 0.15) is 0 Å². The van der Waals surface area contributed by atoms with Crippen LogP contribution in [0.15, 0.2) is 0 Å². The molecule has 0 bridgehead atoms. The van der Waals surface area contributed by atoms with Gasteiger partial charge in [-0.05, 0) is 45.2 Å². The van der Waals surface area contributed by atoms with E-state index >= 15 is 0 Å². The first-order valence-electron chi connectivity index (χ1n) is 6.25. The number of rotatable bonds is 3. The molecule has 2 rings (SSSR count). The summed E-state index contributed by atoms with van der Waals surface area (Å²) in [6, 6.07) is 1.66. The van der Waals surface area contributed by atoms with Crippen LogP contribution in [0.3, 0.4) is 0 Å². The van der Waals surface area contributed by atoms with E-state index in [-0.39, 0.29) is 0 Å². The van der Waals surface area contributed by atoms with Crippen molar-refractivity contribution in [3.05, 3.63) is 0 Å². The lowest BCUT2D eigenvalue weighted by Crippen LogP contribution is -2.42. The second-order valence-electron chi connectivity index (χ2n) is 5.10. The third kappa shape index (κ3) is 1.96. The van der Waals surface area contributed by atoms with Gasteiger partial charge in [0, 0.05) is 12.1 Å². The zero-order chi connectivity index (χ0) is 9.97. The first-order valence-corrected chi connectivity index (χ1v) is 6.25. The van der Waals surface area contributed by atoms with Gasteiger partial charge in [-0.2, -0.15) is 0 Å². The van der Waals surface area contributed by atoms with E-state index < -0.39 is 0 Å². The van der Waals surface area contributed by atoms with Crippen LogP contribution in [0.1, 0.15) is 44.9 Å². The number of nitrogens with zero attached hydrogens (tertiary/aromatic N) is 1. The molecule has 0 aromatic rings. The maximum Gasteiger partial charge on any atom is 0.0135 e. The summed E-state index contributed by atoms with van der Waals surface area (Å²) in [5.74, 6) is 0.778. The van der Waals surface area contributed by atoms with E-state index in [2.05, 4.69) is 11.9 Å². The predicted octanol–water partition coefficient (Wildman–Crippen LogP) is 1.99. The predicted molar refractivity (Wildman–Crippen MR) is 60.2 cm³/mol. The van der Waals surface area contributed by atoms with E-state index in [1.807, 2.05) is 0 Å². The van der Waals surface area contributed by atoms with Crippen molar-refractivity contribution < 1.29 is 0 Å². The lowest BCUT2D eigenvalue weighted by Gasteiger charge is -2.34. The SMILES string of the molecule is CN(C1CCCC1)C1CCCC1CN. The van der Waals surface area contributed by atoms with Crippen molar-refractivity contribution in [2.75, 3.05) is 13.6 Å². The summed E-state index contributed by atoms with van der Waals surface area (Å²) < 4.78 is 0. The first kappa shape index (κ1) is 10.4. The Balaban J connectivity index is 1.92. The molecule has 0 radical (unpaired) electrons. The minimum Gasteiger partial charge on any atom is -0.330 e. The number of hydrogen-bond donors (Lipinski definition) is 1. The summed E-state index contributed by atoms with van der Waals surface area (Å²) >= 11 is 0. The Labute approximate surface area is 87.8 Å². The fourth-order valence-corrected chi connectivity index (χ4v) is 3.41. The molecule has 2 N–H and O–H groups in total. The van der Waals surface area contributed by atoms with Gasteiger partial charge in [0.15, 0.2) is 0 Å². The average Bonchev–Trinajstić information content (AvgIpc) is 2.87. The van der Waals surface area contributed by atoms with Crippen molar-refractivity contribution >= 4 is 0 Å². The average molecular weight is 196 g/mol. The van der Waals surface area contributed by atoms with Crippen molar-refractivity contribution in [3.63, 3.8) is 0 Å². The second kappa shape index (κ2) is 4.63. The van der Waals surface area contributed by atoms with E-state index in [0.29, 0.717) is 0 Å². The lowest BCUT2D eigenvalue weighted by atomic mass is 10.0. The van der Waals surface area contributed by atoms with Crippen LogP contribution in [0.5, 0.6) is 0 Å². The normalized spacial score (nSPS) is 34.5. The Hall–Kier alpha value is -0.0800. The van der Waals surface area contributed by atoms with Crippen LogP contribution in [-0.2, 0) is 0 Å². The van der Waals surface area contributed by atoms with E-state index in [4.69, 9.17) is 5.73 Å². The smallest absolute Gasteiger partial charge is 0.0135 e. The van der Waals surface area contributed by atoms with Crippen LogP contribution < -0.4 is 5.73 Å². The lowest BCUT2D eigenvalue weighted by molar-refractivity contribution is 0.144. The van der Waals surface area contributed by atoms with Crippen molar-refractivity contribution in [3.8, 4) is 0 Å². The molecule has 2 nitrogen and oxygen atoms in total. The van der Waals surface area contributed by atoms with Gasteiger partial charge in [0.25, 0.3) is 0 Å². The van der Waals surface area contributed by atoms with Gasteiger partial charge in [0.2, 0.25) is 0 Å². The van der Waals surface area contributed by atoms with Gasteiger partial charge >= 0.3 is 0 Å². The zero-order valence-electron chi connectivity index (χ0n) is 9.41. The van der Waals surface area contributed by atoms with Gasteiger partial charge in [-0.15, -0.1) is 0 Å². The van der Waals surface area contributed by atoms with Crippen LogP contribution in [0, 0.1) is 5.92 Å². The minimum atomic E-state index is 0.778. The molecule has 14 heavy (non-hydrogen) atoms. The Morgan fingerprint density at radius 1 is 1.07 bits per heavy atom. The van der Waals surface area contributed by atoms with E-state index in [1.165, 1.54) is 44.9 Å². The van der Waals surface area contributed by atoms with Gasteiger partial charge < -0.3 is 10.6 Å². The maximum atomic E-state index is 5.83. The molecule has 82 valence electrons. The highest BCUT2D eigenvalue weighted by atomic mass is 15.2. The second-order valence-corrected chi connectivity index (χ2v) is 5.10. The van der Waals surface area contributed by atoms with Crippen LogP contribution in [0.25, 0.3) is 0 Å². The maximum absolute atomic E-state index is 5.83. The largest absolute Gasteiger partial charge is 0.330 e. The molecule has 2 saturated carbocycles. The first-order chi connectivity index (χ1) is 6.83. The molecule has 0 aliphatic heterocycles. The van der Waals surface area contributed by atoms with Crippen LogP contribution in [0.2, 0.25) is 0 Å². The quantitative estimate of drug-likeness (QED) is 0.748. The third-order valence-electron chi connectivity index (χ3n) is 4.35. The molecular formula is C12H24N2. The van der Waals surface area contributed by atoms with Crippen LogP contribution in [-0.4, -0.2) is 30.6 Å². The van der Waals surface area contributed by atoms with Crippen molar-refractivity contribution in [2.45, 2.75) is 57.0 Å². The Morgan fingerprint density at radius 2 is 1.79 bits per heavy atom. The van der Waals surface area contributed by atoms with Gasteiger partial charge in [-0.25, -0.2) is 0 Å². The number of nitrogens with two attached hydrogens (primary N) is 1. The zero-order valence-corrected chi connectivity index (χ0v) is 9.41. The van der Waals surface area contributed by atoms with Crippen molar-refractivity contribution in [2.24, 2.45) is 11.7 Å². The molecule has 0 saturated heterocycles. The monoisotopic (exact) mass is 196 g/mol. The molecule has 2 unspecified atom stereocenters.